The van der Waals surface area contributed by atoms with Crippen molar-refractivity contribution in [3.8, 4) is 44.8 Å². The van der Waals surface area contributed by atoms with Crippen LogP contribution in [-0.4, -0.2) is 4.98 Å². The number of pyridine rings is 1. The van der Waals surface area contributed by atoms with E-state index in [2.05, 4.69) is 220 Å². The van der Waals surface area contributed by atoms with Gasteiger partial charge in [0.2, 0.25) is 0 Å². The standard InChI is InChI=1S/C57H43N/c1-56(2)48-27-12-14-29-50(48)57(51-30-15-13-28-49(51)56)47-33-32-43(42-25-16-24-41(34-42)38-18-6-3-7-19-38)35-46(47)55-45(26-17-31-52(55)57)44-36-53(39-20-8-4-9-21-39)58-54(37-44)40-22-10-5-11-23-40/h3-33,35-37,42H,34H2,1-2H3. The molecule has 0 fully saturated rings. The molecule has 3 aliphatic rings. The van der Waals surface area contributed by atoms with Gasteiger partial charge in [0.25, 0.3) is 0 Å². The fraction of sp³-hybridized carbons (Fsp3) is 0.105. The van der Waals surface area contributed by atoms with E-state index in [0.29, 0.717) is 0 Å². The van der Waals surface area contributed by atoms with Gasteiger partial charge < -0.3 is 0 Å². The van der Waals surface area contributed by atoms with Gasteiger partial charge in [-0.2, -0.15) is 0 Å². The Kier molecular flexibility index (Phi) is 7.95. The number of hydrogen-bond donors (Lipinski definition) is 0. The normalized spacial score (nSPS) is 16.5. The van der Waals surface area contributed by atoms with Crippen LogP contribution in [0.3, 0.4) is 0 Å². The Morgan fingerprint density at radius 3 is 1.59 bits per heavy atom. The Morgan fingerprint density at radius 2 is 0.983 bits per heavy atom. The lowest BCUT2D eigenvalue weighted by Crippen LogP contribution is -2.40. The molecule has 0 saturated carbocycles. The number of nitrogens with zero attached hydrogens (tertiary/aromatic N) is 1. The van der Waals surface area contributed by atoms with Gasteiger partial charge in [-0.3, -0.25) is 0 Å². The van der Waals surface area contributed by atoms with Crippen LogP contribution in [0.25, 0.3) is 50.3 Å². The molecule has 8 aromatic rings. The fourth-order valence-electron chi connectivity index (χ4n) is 10.4. The number of allylic oxidation sites excluding steroid dienone is 4. The maximum atomic E-state index is 5.29. The van der Waals surface area contributed by atoms with Crippen molar-refractivity contribution in [2.24, 2.45) is 0 Å². The highest BCUT2D eigenvalue weighted by molar-refractivity contribution is 5.97. The zero-order chi connectivity index (χ0) is 38.8. The summed E-state index contributed by atoms with van der Waals surface area (Å²) in [6.07, 6.45) is 7.90. The van der Waals surface area contributed by atoms with Crippen LogP contribution in [0.2, 0.25) is 0 Å². The number of aromatic nitrogens is 1. The van der Waals surface area contributed by atoms with Crippen LogP contribution in [0.5, 0.6) is 0 Å². The molecular formula is C57H43N. The van der Waals surface area contributed by atoms with Gasteiger partial charge in [0.1, 0.15) is 0 Å². The van der Waals surface area contributed by atoms with Crippen LogP contribution in [-0.2, 0) is 10.8 Å². The summed E-state index contributed by atoms with van der Waals surface area (Å²) in [5.41, 5.74) is 20.8. The van der Waals surface area contributed by atoms with Gasteiger partial charge in [0, 0.05) is 22.5 Å². The average molecular weight is 742 g/mol. The van der Waals surface area contributed by atoms with Crippen LogP contribution in [0, 0.1) is 0 Å². The van der Waals surface area contributed by atoms with E-state index in [0.717, 1.165) is 28.9 Å². The first-order valence-electron chi connectivity index (χ1n) is 20.6. The molecule has 3 aliphatic carbocycles. The van der Waals surface area contributed by atoms with Crippen molar-refractivity contribution in [3.63, 3.8) is 0 Å². The summed E-state index contributed by atoms with van der Waals surface area (Å²) in [4.78, 5) is 5.29. The summed E-state index contributed by atoms with van der Waals surface area (Å²) in [6.45, 7) is 4.79. The van der Waals surface area contributed by atoms with E-state index >= 15 is 0 Å². The molecule has 0 N–H and O–H groups in total. The van der Waals surface area contributed by atoms with E-state index in [-0.39, 0.29) is 11.3 Å². The molecule has 0 radical (unpaired) electrons. The Hall–Kier alpha value is -6.83. The highest BCUT2D eigenvalue weighted by Crippen LogP contribution is 2.63. The Morgan fingerprint density at radius 1 is 0.448 bits per heavy atom. The number of rotatable bonds is 5. The van der Waals surface area contributed by atoms with Crippen LogP contribution in [0.4, 0.5) is 0 Å². The van der Waals surface area contributed by atoms with Gasteiger partial charge in [-0.25, -0.2) is 4.98 Å². The topological polar surface area (TPSA) is 12.9 Å². The van der Waals surface area contributed by atoms with Gasteiger partial charge in [0.05, 0.1) is 16.8 Å². The molecule has 0 aliphatic heterocycles. The third-order valence-corrected chi connectivity index (χ3v) is 13.1. The first-order valence-corrected chi connectivity index (χ1v) is 20.6. The zero-order valence-corrected chi connectivity index (χ0v) is 32.9. The molecule has 11 rings (SSSR count). The summed E-state index contributed by atoms with van der Waals surface area (Å²) in [7, 11) is 0. The van der Waals surface area contributed by atoms with Crippen LogP contribution < -0.4 is 0 Å². The second-order valence-electron chi connectivity index (χ2n) is 16.6. The minimum absolute atomic E-state index is 0.160. The second kappa shape index (κ2) is 13.4. The SMILES string of the molecule is CC1(C)c2ccccc2C2(c3ccc(C4C=CC=C(c5ccccc5)C4)cc3-c3c(-c4cc(-c5ccccc5)nc(-c5ccccc5)c4)cccc32)c2ccccc21. The van der Waals surface area contributed by atoms with Gasteiger partial charge in [0.15, 0.2) is 0 Å². The fourth-order valence-corrected chi connectivity index (χ4v) is 10.4. The van der Waals surface area contributed by atoms with E-state index in [1.54, 1.807) is 0 Å². The van der Waals surface area contributed by atoms with Crippen molar-refractivity contribution in [1.29, 1.82) is 0 Å². The third kappa shape index (κ3) is 5.20. The first-order chi connectivity index (χ1) is 28.5. The Bertz CT molecular complexity index is 2820. The lowest BCUT2D eigenvalue weighted by molar-refractivity contribution is 0.563. The van der Waals surface area contributed by atoms with Gasteiger partial charge in [-0.15, -0.1) is 0 Å². The van der Waals surface area contributed by atoms with Crippen molar-refractivity contribution < 1.29 is 0 Å². The van der Waals surface area contributed by atoms with Crippen LogP contribution in [0.1, 0.15) is 70.7 Å². The maximum absolute atomic E-state index is 5.29. The zero-order valence-electron chi connectivity index (χ0n) is 32.9. The molecule has 0 saturated heterocycles. The summed E-state index contributed by atoms with van der Waals surface area (Å²) < 4.78 is 0. The van der Waals surface area contributed by atoms with Crippen molar-refractivity contribution >= 4 is 5.57 Å². The summed E-state index contributed by atoms with van der Waals surface area (Å²) in [5, 5.41) is 0. The van der Waals surface area contributed by atoms with E-state index in [9.17, 15) is 0 Å². The lowest BCUT2D eigenvalue weighted by atomic mass is 9.55. The Balaban J connectivity index is 1.19. The summed E-state index contributed by atoms with van der Waals surface area (Å²) in [6, 6.07) is 69.6. The molecule has 7 aromatic carbocycles. The second-order valence-corrected chi connectivity index (χ2v) is 16.6. The molecule has 1 nitrogen and oxygen atoms in total. The smallest absolute Gasteiger partial charge is 0.0719 e. The number of fused-ring (bicyclic) bond motifs is 9. The van der Waals surface area contributed by atoms with Crippen LogP contribution >= 0.6 is 0 Å². The van der Waals surface area contributed by atoms with Crippen LogP contribution in [0.15, 0.2) is 206 Å². The summed E-state index contributed by atoms with van der Waals surface area (Å²) >= 11 is 0. The quantitative estimate of drug-likeness (QED) is 0.171. The highest BCUT2D eigenvalue weighted by atomic mass is 14.7. The monoisotopic (exact) mass is 741 g/mol. The Labute approximate surface area is 341 Å². The molecule has 0 bridgehead atoms. The predicted molar refractivity (Wildman–Crippen MR) is 241 cm³/mol. The molecule has 1 aromatic heterocycles. The molecule has 0 amide bonds. The summed E-state index contributed by atoms with van der Waals surface area (Å²) in [5.74, 6) is 0.262. The largest absolute Gasteiger partial charge is 0.248 e. The molecule has 1 heteroatoms. The van der Waals surface area contributed by atoms with E-state index < -0.39 is 5.41 Å². The van der Waals surface area contributed by atoms with Crippen molar-refractivity contribution in [2.75, 3.05) is 0 Å². The molecular weight excluding hydrogens is 699 g/mol. The van der Waals surface area contributed by atoms with Crippen molar-refractivity contribution in [3.05, 3.63) is 251 Å². The first kappa shape index (κ1) is 34.4. The average Bonchev–Trinajstić information content (AvgIpc) is 3.59. The van der Waals surface area contributed by atoms with E-state index in [1.165, 1.54) is 72.3 Å². The van der Waals surface area contributed by atoms with Gasteiger partial charge in [-0.05, 0) is 90.9 Å². The molecule has 1 unspecified atom stereocenters. The van der Waals surface area contributed by atoms with Crippen molar-refractivity contribution in [2.45, 2.75) is 37.0 Å². The third-order valence-electron chi connectivity index (χ3n) is 13.1. The molecule has 276 valence electrons. The maximum Gasteiger partial charge on any atom is 0.0719 e. The van der Waals surface area contributed by atoms with E-state index in [4.69, 9.17) is 4.98 Å². The minimum Gasteiger partial charge on any atom is -0.248 e. The number of benzene rings is 7. The van der Waals surface area contributed by atoms with E-state index in [1.807, 2.05) is 0 Å². The molecule has 1 atom stereocenters. The van der Waals surface area contributed by atoms with Crippen molar-refractivity contribution in [1.82, 2.24) is 4.98 Å². The number of hydrogen-bond acceptors (Lipinski definition) is 1. The predicted octanol–water partition coefficient (Wildman–Crippen LogP) is 14.2. The molecule has 1 heterocycles. The minimum atomic E-state index is -0.489. The van der Waals surface area contributed by atoms with Gasteiger partial charge in [-0.1, -0.05) is 208 Å². The highest BCUT2D eigenvalue weighted by Gasteiger charge is 2.53. The lowest BCUT2D eigenvalue weighted by Gasteiger charge is -2.46. The molecule has 1 spiro atoms. The van der Waals surface area contributed by atoms with Gasteiger partial charge >= 0.3 is 0 Å². The molecule has 58 heavy (non-hydrogen) atoms.